The van der Waals surface area contributed by atoms with E-state index in [1.165, 1.54) is 10.7 Å². The number of anilines is 1. The second-order valence-corrected chi connectivity index (χ2v) is 7.06. The van der Waals surface area contributed by atoms with Crippen LogP contribution in [0.2, 0.25) is 0 Å². The van der Waals surface area contributed by atoms with Gasteiger partial charge in [-0.1, -0.05) is 0 Å². The van der Waals surface area contributed by atoms with Crippen LogP contribution in [0.4, 0.5) is 14.9 Å². The van der Waals surface area contributed by atoms with E-state index in [4.69, 9.17) is 0 Å². The van der Waals surface area contributed by atoms with Crippen molar-refractivity contribution in [3.63, 3.8) is 0 Å². The van der Waals surface area contributed by atoms with Crippen LogP contribution in [0.3, 0.4) is 0 Å². The van der Waals surface area contributed by atoms with Gasteiger partial charge in [-0.15, -0.1) is 0 Å². The third-order valence-electron chi connectivity index (χ3n) is 4.49. The first kappa shape index (κ1) is 17.4. The molecule has 0 saturated carbocycles. The number of carbonyl (C=O) groups excluding carboxylic acids is 1. The van der Waals surface area contributed by atoms with Crippen molar-refractivity contribution in [1.29, 1.82) is 0 Å². The van der Waals surface area contributed by atoms with Crippen LogP contribution in [0.1, 0.15) is 32.3 Å². The normalized spacial score (nSPS) is 17.8. The Morgan fingerprint density at radius 1 is 1.44 bits per heavy atom. The van der Waals surface area contributed by atoms with E-state index in [1.807, 2.05) is 6.92 Å². The number of likely N-dealkylation sites (tertiary alicyclic amines) is 1. The van der Waals surface area contributed by atoms with Crippen LogP contribution in [0, 0.1) is 12.7 Å². The summed E-state index contributed by atoms with van der Waals surface area (Å²) in [4.78, 5) is 14.1. The minimum absolute atomic E-state index is 0.247. The highest BCUT2D eigenvalue weighted by Crippen LogP contribution is 2.27. The quantitative estimate of drug-likeness (QED) is 0.897. The van der Waals surface area contributed by atoms with Gasteiger partial charge >= 0.3 is 6.03 Å². The smallest absolute Gasteiger partial charge is 0.322 e. The summed E-state index contributed by atoms with van der Waals surface area (Å²) in [6, 6.07) is 3.92. The highest BCUT2D eigenvalue weighted by atomic mass is 19.1. The maximum absolute atomic E-state index is 14.4. The average Bonchev–Trinajstić information content (AvgIpc) is 3.15. The zero-order valence-electron chi connectivity index (χ0n) is 14.7. The third kappa shape index (κ3) is 3.66. The Hall–Kier alpha value is -2.41. The van der Waals surface area contributed by atoms with E-state index in [2.05, 4.69) is 10.4 Å². The van der Waals surface area contributed by atoms with Crippen LogP contribution in [0.5, 0.6) is 0 Å². The van der Waals surface area contributed by atoms with Crippen molar-refractivity contribution in [2.75, 3.05) is 11.9 Å². The Labute approximate surface area is 146 Å². The molecule has 2 heterocycles. The molecule has 2 aromatic rings. The third-order valence-corrected chi connectivity index (χ3v) is 4.49. The first-order valence-corrected chi connectivity index (χ1v) is 8.37. The number of urea groups is 1. The highest BCUT2D eigenvalue weighted by molar-refractivity contribution is 5.90. The summed E-state index contributed by atoms with van der Waals surface area (Å²) >= 11 is 0. The number of nitrogens with zero attached hydrogens (tertiary/aromatic N) is 3. The summed E-state index contributed by atoms with van der Waals surface area (Å²) in [5.41, 5.74) is 0.655. The lowest BCUT2D eigenvalue weighted by molar-refractivity contribution is 0.0117. The van der Waals surface area contributed by atoms with Gasteiger partial charge in [0.15, 0.2) is 5.82 Å². The predicted octanol–water partition coefficient (Wildman–Crippen LogP) is 3.09. The number of aromatic nitrogens is 2. The van der Waals surface area contributed by atoms with Crippen molar-refractivity contribution in [3.05, 3.63) is 42.0 Å². The summed E-state index contributed by atoms with van der Waals surface area (Å²) in [6.45, 7) is 5.85. The molecule has 0 radical (unpaired) electrons. The average molecular weight is 346 g/mol. The number of hydrogen-bond donors (Lipinski definition) is 2. The molecule has 25 heavy (non-hydrogen) atoms. The van der Waals surface area contributed by atoms with Gasteiger partial charge in [-0.25, -0.2) is 13.9 Å². The molecule has 0 aliphatic carbocycles. The molecule has 1 atom stereocenters. The van der Waals surface area contributed by atoms with E-state index in [0.29, 0.717) is 17.9 Å². The molecule has 1 aliphatic heterocycles. The van der Waals surface area contributed by atoms with Crippen molar-refractivity contribution >= 4 is 11.7 Å². The lowest BCUT2D eigenvalue weighted by Crippen LogP contribution is -2.49. The van der Waals surface area contributed by atoms with Crippen molar-refractivity contribution in [2.45, 2.75) is 45.3 Å². The Balaban J connectivity index is 1.75. The maximum atomic E-state index is 14.4. The van der Waals surface area contributed by atoms with Crippen LogP contribution in [-0.2, 0) is 0 Å². The van der Waals surface area contributed by atoms with Crippen LogP contribution in [-0.4, -0.2) is 44.0 Å². The molecule has 1 saturated heterocycles. The van der Waals surface area contributed by atoms with Gasteiger partial charge in [-0.3, -0.25) is 0 Å². The summed E-state index contributed by atoms with van der Waals surface area (Å²) < 4.78 is 15.8. The van der Waals surface area contributed by atoms with Crippen molar-refractivity contribution in [2.24, 2.45) is 0 Å². The summed E-state index contributed by atoms with van der Waals surface area (Å²) in [5, 5.41) is 17.0. The van der Waals surface area contributed by atoms with Gasteiger partial charge in [0.25, 0.3) is 0 Å². The predicted molar refractivity (Wildman–Crippen MR) is 93.3 cm³/mol. The standard InChI is InChI=1S/C18H23FN4O2/c1-12-10-20-23(11-12)15-7-6-13(9-14(15)19)21-17(24)22-8-4-5-16(22)18(2,3)25/h6-7,9-11,16,25H,4-5,8H2,1-3H3,(H,21,24)/t16-/m1/s1. The zero-order valence-corrected chi connectivity index (χ0v) is 14.7. The van der Waals surface area contributed by atoms with Crippen LogP contribution in [0.25, 0.3) is 5.69 Å². The van der Waals surface area contributed by atoms with Crippen LogP contribution >= 0.6 is 0 Å². The van der Waals surface area contributed by atoms with E-state index in [1.54, 1.807) is 43.3 Å². The highest BCUT2D eigenvalue weighted by Gasteiger charge is 2.38. The molecule has 0 bridgehead atoms. The number of benzene rings is 1. The lowest BCUT2D eigenvalue weighted by atomic mass is 9.97. The van der Waals surface area contributed by atoms with Gasteiger partial charge in [0.05, 0.1) is 17.8 Å². The first-order chi connectivity index (χ1) is 11.8. The molecule has 0 unspecified atom stereocenters. The molecule has 1 aromatic heterocycles. The fourth-order valence-corrected chi connectivity index (χ4v) is 3.25. The SMILES string of the molecule is Cc1cnn(-c2ccc(NC(=O)N3CCC[C@@H]3C(C)(C)O)cc2F)c1. The van der Waals surface area contributed by atoms with Gasteiger partial charge in [-0.05, 0) is 57.4 Å². The monoisotopic (exact) mass is 346 g/mol. The topological polar surface area (TPSA) is 70.4 Å². The Kier molecular flexibility index (Phi) is 4.51. The van der Waals surface area contributed by atoms with Gasteiger partial charge < -0.3 is 15.3 Å². The van der Waals surface area contributed by atoms with Gasteiger partial charge in [0, 0.05) is 18.4 Å². The maximum Gasteiger partial charge on any atom is 0.322 e. The number of nitrogens with one attached hydrogen (secondary N) is 1. The zero-order chi connectivity index (χ0) is 18.2. The fourth-order valence-electron chi connectivity index (χ4n) is 3.25. The number of carbonyl (C=O) groups is 1. The molecular weight excluding hydrogens is 323 g/mol. The van der Waals surface area contributed by atoms with Crippen molar-refractivity contribution in [3.8, 4) is 5.69 Å². The fraction of sp³-hybridized carbons (Fsp3) is 0.444. The van der Waals surface area contributed by atoms with E-state index in [9.17, 15) is 14.3 Å². The number of rotatable bonds is 3. The molecule has 6 nitrogen and oxygen atoms in total. The Bertz CT molecular complexity index is 782. The second-order valence-electron chi connectivity index (χ2n) is 7.06. The minimum atomic E-state index is -0.971. The number of aryl methyl sites for hydroxylation is 1. The molecule has 1 aromatic carbocycles. The van der Waals surface area contributed by atoms with Crippen molar-refractivity contribution < 1.29 is 14.3 Å². The van der Waals surface area contributed by atoms with Crippen LogP contribution in [0.15, 0.2) is 30.6 Å². The minimum Gasteiger partial charge on any atom is -0.388 e. The summed E-state index contributed by atoms with van der Waals surface area (Å²) in [5.74, 6) is -0.471. The van der Waals surface area contributed by atoms with Gasteiger partial charge in [0.1, 0.15) is 5.69 Å². The molecule has 0 spiro atoms. The summed E-state index contributed by atoms with van der Waals surface area (Å²) in [7, 11) is 0. The van der Waals surface area contributed by atoms with Crippen molar-refractivity contribution in [1.82, 2.24) is 14.7 Å². The second kappa shape index (κ2) is 6.48. The molecule has 3 rings (SSSR count). The Morgan fingerprint density at radius 3 is 2.80 bits per heavy atom. The number of aliphatic hydroxyl groups is 1. The van der Waals surface area contributed by atoms with E-state index in [0.717, 1.165) is 18.4 Å². The molecule has 7 heteroatoms. The molecule has 1 aliphatic rings. The molecule has 134 valence electrons. The number of halogens is 1. The number of amides is 2. The van der Waals surface area contributed by atoms with E-state index < -0.39 is 11.4 Å². The largest absolute Gasteiger partial charge is 0.388 e. The van der Waals surface area contributed by atoms with Gasteiger partial charge in [0.2, 0.25) is 0 Å². The molecule has 1 fully saturated rings. The van der Waals surface area contributed by atoms with E-state index >= 15 is 0 Å². The molecular formula is C18H23FN4O2. The van der Waals surface area contributed by atoms with E-state index in [-0.39, 0.29) is 12.1 Å². The molecule has 2 N–H and O–H groups in total. The first-order valence-electron chi connectivity index (χ1n) is 8.37. The Morgan fingerprint density at radius 2 is 2.20 bits per heavy atom. The molecule has 2 amide bonds. The number of hydrogen-bond acceptors (Lipinski definition) is 3. The van der Waals surface area contributed by atoms with Gasteiger partial charge in [-0.2, -0.15) is 5.10 Å². The van der Waals surface area contributed by atoms with Crippen LogP contribution < -0.4 is 5.32 Å². The lowest BCUT2D eigenvalue weighted by Gasteiger charge is -2.33. The summed E-state index contributed by atoms with van der Waals surface area (Å²) in [6.07, 6.45) is 4.98.